The van der Waals surface area contributed by atoms with Crippen molar-refractivity contribution in [3.63, 3.8) is 0 Å². The third-order valence-corrected chi connectivity index (χ3v) is 2.11. The van der Waals surface area contributed by atoms with E-state index >= 15 is 0 Å². The molecule has 0 fully saturated rings. The summed E-state index contributed by atoms with van der Waals surface area (Å²) in [6, 6.07) is 5.52. The van der Waals surface area contributed by atoms with Crippen molar-refractivity contribution >= 4 is 0 Å². The molecule has 3 heteroatoms. The smallest absolute Gasteiger partial charge is 0.161 e. The average molecular weight is 224 g/mol. The fourth-order valence-corrected chi connectivity index (χ4v) is 1.40. The Morgan fingerprint density at radius 2 is 1.88 bits per heavy atom. The standard InChI is InChI=1S/C13H20O3/c1-5-15-13-8-11(10(4)14)6-7-12(13)16-9(2)3/h6-10,14H,5H2,1-4H3. The molecule has 0 amide bonds. The Balaban J connectivity index is 2.99. The predicted octanol–water partition coefficient (Wildman–Crippen LogP) is 2.93. The molecule has 0 aliphatic heterocycles. The molecule has 0 aliphatic rings. The van der Waals surface area contributed by atoms with Gasteiger partial charge in [0.2, 0.25) is 0 Å². The van der Waals surface area contributed by atoms with Gasteiger partial charge < -0.3 is 14.6 Å². The molecule has 0 heterocycles. The summed E-state index contributed by atoms with van der Waals surface area (Å²) >= 11 is 0. The third kappa shape index (κ3) is 3.42. The van der Waals surface area contributed by atoms with Crippen molar-refractivity contribution in [2.45, 2.75) is 39.9 Å². The van der Waals surface area contributed by atoms with Crippen molar-refractivity contribution in [3.05, 3.63) is 23.8 Å². The number of benzene rings is 1. The Hall–Kier alpha value is -1.22. The van der Waals surface area contributed by atoms with Crippen LogP contribution in [0.1, 0.15) is 39.4 Å². The van der Waals surface area contributed by atoms with Crippen LogP contribution in [0.25, 0.3) is 0 Å². The lowest BCUT2D eigenvalue weighted by Gasteiger charge is -2.16. The molecule has 1 aromatic rings. The van der Waals surface area contributed by atoms with Gasteiger partial charge in [-0.25, -0.2) is 0 Å². The first kappa shape index (κ1) is 12.8. The first-order valence-electron chi connectivity index (χ1n) is 5.66. The van der Waals surface area contributed by atoms with Crippen LogP contribution in [-0.4, -0.2) is 17.8 Å². The van der Waals surface area contributed by atoms with Gasteiger partial charge in [0.1, 0.15) is 0 Å². The summed E-state index contributed by atoms with van der Waals surface area (Å²) in [5.74, 6) is 1.41. The van der Waals surface area contributed by atoms with Crippen LogP contribution >= 0.6 is 0 Å². The fraction of sp³-hybridized carbons (Fsp3) is 0.538. The summed E-state index contributed by atoms with van der Waals surface area (Å²) in [7, 11) is 0. The lowest BCUT2D eigenvalue weighted by Crippen LogP contribution is -2.07. The number of hydrogen-bond acceptors (Lipinski definition) is 3. The number of aliphatic hydroxyl groups excluding tert-OH is 1. The van der Waals surface area contributed by atoms with E-state index in [9.17, 15) is 5.11 Å². The topological polar surface area (TPSA) is 38.7 Å². The summed E-state index contributed by atoms with van der Waals surface area (Å²) in [5.41, 5.74) is 0.833. The van der Waals surface area contributed by atoms with Crippen LogP contribution < -0.4 is 9.47 Å². The zero-order chi connectivity index (χ0) is 12.1. The highest BCUT2D eigenvalue weighted by molar-refractivity contribution is 5.43. The van der Waals surface area contributed by atoms with E-state index in [2.05, 4.69) is 0 Å². The van der Waals surface area contributed by atoms with E-state index < -0.39 is 6.10 Å². The summed E-state index contributed by atoms with van der Waals surface area (Å²) in [5, 5.41) is 9.49. The molecule has 1 rings (SSSR count). The normalized spacial score (nSPS) is 12.6. The summed E-state index contributed by atoms with van der Waals surface area (Å²) in [6.07, 6.45) is -0.385. The number of hydrogen-bond donors (Lipinski definition) is 1. The molecule has 16 heavy (non-hydrogen) atoms. The SMILES string of the molecule is CCOc1cc(C(C)O)ccc1OC(C)C. The Morgan fingerprint density at radius 1 is 1.19 bits per heavy atom. The van der Waals surface area contributed by atoms with Gasteiger partial charge in [0.25, 0.3) is 0 Å². The molecule has 0 saturated carbocycles. The number of rotatable bonds is 5. The molecule has 0 saturated heterocycles. The van der Waals surface area contributed by atoms with Gasteiger partial charge in [-0.3, -0.25) is 0 Å². The van der Waals surface area contributed by atoms with Gasteiger partial charge >= 0.3 is 0 Å². The maximum atomic E-state index is 9.49. The molecule has 3 nitrogen and oxygen atoms in total. The van der Waals surface area contributed by atoms with Gasteiger partial charge in [0.15, 0.2) is 11.5 Å². The van der Waals surface area contributed by atoms with Crippen LogP contribution in [0.2, 0.25) is 0 Å². The Bertz CT molecular complexity index is 332. The van der Waals surface area contributed by atoms with E-state index in [0.717, 1.165) is 11.3 Å². The highest BCUT2D eigenvalue weighted by Crippen LogP contribution is 2.31. The second-order valence-electron chi connectivity index (χ2n) is 3.98. The summed E-state index contributed by atoms with van der Waals surface area (Å²) in [4.78, 5) is 0. The van der Waals surface area contributed by atoms with Crippen LogP contribution in [0.3, 0.4) is 0 Å². The van der Waals surface area contributed by atoms with Gasteiger partial charge in [-0.1, -0.05) is 6.07 Å². The van der Waals surface area contributed by atoms with Gasteiger partial charge in [-0.2, -0.15) is 0 Å². The van der Waals surface area contributed by atoms with Crippen molar-refractivity contribution in [1.82, 2.24) is 0 Å². The minimum Gasteiger partial charge on any atom is -0.490 e. The molecular weight excluding hydrogens is 204 g/mol. The molecule has 1 atom stereocenters. The highest BCUT2D eigenvalue weighted by Gasteiger charge is 2.10. The highest BCUT2D eigenvalue weighted by atomic mass is 16.5. The molecule has 90 valence electrons. The molecule has 0 radical (unpaired) electrons. The van der Waals surface area contributed by atoms with E-state index in [-0.39, 0.29) is 6.10 Å². The van der Waals surface area contributed by atoms with Gasteiger partial charge in [0, 0.05) is 0 Å². The predicted molar refractivity (Wildman–Crippen MR) is 64.0 cm³/mol. The molecule has 0 spiro atoms. The quantitative estimate of drug-likeness (QED) is 0.835. The maximum absolute atomic E-state index is 9.49. The maximum Gasteiger partial charge on any atom is 0.161 e. The second-order valence-corrected chi connectivity index (χ2v) is 3.98. The molecule has 1 unspecified atom stereocenters. The molecule has 1 aromatic carbocycles. The lowest BCUT2D eigenvalue weighted by molar-refractivity contribution is 0.196. The molecule has 1 N–H and O–H groups in total. The lowest BCUT2D eigenvalue weighted by atomic mass is 10.1. The van der Waals surface area contributed by atoms with E-state index in [0.29, 0.717) is 12.4 Å². The minimum absolute atomic E-state index is 0.108. The van der Waals surface area contributed by atoms with E-state index in [1.807, 2.05) is 39.0 Å². The van der Waals surface area contributed by atoms with E-state index in [1.54, 1.807) is 6.92 Å². The van der Waals surface area contributed by atoms with Crippen LogP contribution in [0, 0.1) is 0 Å². The Morgan fingerprint density at radius 3 is 2.38 bits per heavy atom. The van der Waals surface area contributed by atoms with Gasteiger partial charge in [-0.05, 0) is 45.4 Å². The zero-order valence-electron chi connectivity index (χ0n) is 10.4. The largest absolute Gasteiger partial charge is 0.490 e. The fourth-order valence-electron chi connectivity index (χ4n) is 1.40. The van der Waals surface area contributed by atoms with Crippen molar-refractivity contribution in [1.29, 1.82) is 0 Å². The Kier molecular flexibility index (Phi) is 4.62. The van der Waals surface area contributed by atoms with Crippen LogP contribution in [0.5, 0.6) is 11.5 Å². The molecular formula is C13H20O3. The van der Waals surface area contributed by atoms with Crippen molar-refractivity contribution < 1.29 is 14.6 Å². The average Bonchev–Trinajstić information content (AvgIpc) is 2.20. The van der Waals surface area contributed by atoms with E-state index in [1.165, 1.54) is 0 Å². The van der Waals surface area contributed by atoms with E-state index in [4.69, 9.17) is 9.47 Å². The molecule has 0 bridgehead atoms. The van der Waals surface area contributed by atoms with Gasteiger partial charge in [0.05, 0.1) is 18.8 Å². The number of ether oxygens (including phenoxy) is 2. The number of aliphatic hydroxyl groups is 1. The first-order chi connectivity index (χ1) is 7.54. The van der Waals surface area contributed by atoms with Gasteiger partial charge in [-0.15, -0.1) is 0 Å². The first-order valence-corrected chi connectivity index (χ1v) is 5.66. The third-order valence-electron chi connectivity index (χ3n) is 2.11. The van der Waals surface area contributed by atoms with Crippen molar-refractivity contribution in [2.24, 2.45) is 0 Å². The van der Waals surface area contributed by atoms with Crippen molar-refractivity contribution in [2.75, 3.05) is 6.61 Å². The Labute approximate surface area is 97.0 Å². The minimum atomic E-state index is -0.493. The molecule has 0 aliphatic carbocycles. The summed E-state index contributed by atoms with van der Waals surface area (Å²) < 4.78 is 11.1. The van der Waals surface area contributed by atoms with Crippen LogP contribution in [0.4, 0.5) is 0 Å². The second kappa shape index (κ2) is 5.75. The van der Waals surface area contributed by atoms with Crippen LogP contribution in [-0.2, 0) is 0 Å². The van der Waals surface area contributed by atoms with Crippen LogP contribution in [0.15, 0.2) is 18.2 Å². The molecule has 0 aromatic heterocycles. The zero-order valence-corrected chi connectivity index (χ0v) is 10.4. The van der Waals surface area contributed by atoms with Crippen molar-refractivity contribution in [3.8, 4) is 11.5 Å². The monoisotopic (exact) mass is 224 g/mol. The summed E-state index contributed by atoms with van der Waals surface area (Å²) in [6.45, 7) is 8.18.